The quantitative estimate of drug-likeness (QED) is 0.277. The van der Waals surface area contributed by atoms with Gasteiger partial charge in [0.1, 0.15) is 17.2 Å². The van der Waals surface area contributed by atoms with Crippen molar-refractivity contribution >= 4 is 39.5 Å². The molecule has 0 saturated heterocycles. The van der Waals surface area contributed by atoms with Gasteiger partial charge in [-0.05, 0) is 64.1 Å². The highest BCUT2D eigenvalue weighted by atomic mass is 32.2. The minimum absolute atomic E-state index is 0.114. The number of aromatic nitrogens is 3. The molecular formula is C28H35N4O6S-. The first-order valence-electron chi connectivity index (χ1n) is 13.0. The Kier molecular flexibility index (Phi) is 7.98. The minimum Gasteiger partial charge on any atom is -0.772 e. The van der Waals surface area contributed by atoms with Gasteiger partial charge in [-0.2, -0.15) is 0 Å². The monoisotopic (exact) mass is 555 g/mol. The molecule has 10 nitrogen and oxygen atoms in total. The van der Waals surface area contributed by atoms with Gasteiger partial charge in [0.25, 0.3) is 0 Å². The Hall–Kier alpha value is -3.15. The number of esters is 1. The number of nitrogens with one attached hydrogen (secondary N) is 1. The normalized spacial score (nSPS) is 20.3. The molecule has 11 heteroatoms. The van der Waals surface area contributed by atoms with E-state index in [2.05, 4.69) is 15.3 Å². The summed E-state index contributed by atoms with van der Waals surface area (Å²) < 4.78 is 34.1. The van der Waals surface area contributed by atoms with Gasteiger partial charge in [-0.1, -0.05) is 31.9 Å². The number of nitrogens with zero attached hydrogens (tertiary/aromatic N) is 3. The highest BCUT2D eigenvalue weighted by Gasteiger charge is 2.40. The van der Waals surface area contributed by atoms with Crippen molar-refractivity contribution in [2.45, 2.75) is 89.8 Å². The second-order valence-electron chi connectivity index (χ2n) is 10.9. The SMILES string of the molecule is CCC(C)(O)c1cnc(O[C@H](C)C[C@@H](C)S(=O)[O-])c2cnc(Nc3ccc4c(n3)[C@@H](C)C(C)(C)OC4=O)cc12. The molecule has 3 aromatic heterocycles. The zero-order chi connectivity index (χ0) is 28.7. The number of cyclic esters (lactones) is 1. The maximum absolute atomic E-state index is 12.5. The zero-order valence-electron chi connectivity index (χ0n) is 23.3. The molecule has 210 valence electrons. The molecule has 4 heterocycles. The number of aliphatic hydroxyl groups is 1. The molecule has 5 atom stereocenters. The lowest BCUT2D eigenvalue weighted by molar-refractivity contribution is -0.0189. The smallest absolute Gasteiger partial charge is 0.340 e. The summed E-state index contributed by atoms with van der Waals surface area (Å²) in [7, 11) is 0. The Morgan fingerprint density at radius 2 is 1.95 bits per heavy atom. The molecule has 0 aromatic carbocycles. The van der Waals surface area contributed by atoms with Crippen molar-refractivity contribution in [2.24, 2.45) is 0 Å². The van der Waals surface area contributed by atoms with Gasteiger partial charge < -0.3 is 24.4 Å². The van der Waals surface area contributed by atoms with Crippen molar-refractivity contribution in [3.8, 4) is 5.88 Å². The standard InChI is InChI=1S/C28H36N4O6S/c1-8-28(7,34)21-14-30-25(37-15(2)11-16(3)39(35)36)20-13-29-23(12-19(20)21)31-22-10-9-18-24(32-22)17(4)27(5,6)38-26(18)33/h9-10,12-17,34H,8,11H2,1-7H3,(H,35,36)(H,29,31,32)/p-1/t15-,16-,17-,28?/m1/s1. The van der Waals surface area contributed by atoms with Gasteiger partial charge in [0, 0.05) is 29.1 Å². The summed E-state index contributed by atoms with van der Waals surface area (Å²) in [5.41, 5.74) is -0.140. The van der Waals surface area contributed by atoms with Gasteiger partial charge in [0.2, 0.25) is 5.88 Å². The van der Waals surface area contributed by atoms with Crippen LogP contribution in [-0.2, 0) is 21.4 Å². The van der Waals surface area contributed by atoms with Gasteiger partial charge in [0.05, 0.1) is 28.3 Å². The predicted octanol–water partition coefficient (Wildman–Crippen LogP) is 4.86. The number of carbonyl (C=O) groups excluding carboxylic acids is 1. The van der Waals surface area contributed by atoms with E-state index in [0.29, 0.717) is 58.0 Å². The number of carbonyl (C=O) groups is 1. The maximum Gasteiger partial charge on any atom is 0.340 e. The second-order valence-corrected chi connectivity index (χ2v) is 12.2. The molecule has 1 aliphatic rings. The van der Waals surface area contributed by atoms with Crippen LogP contribution in [0, 0.1) is 0 Å². The lowest BCUT2D eigenvalue weighted by Crippen LogP contribution is -2.39. The van der Waals surface area contributed by atoms with Crippen LogP contribution >= 0.6 is 0 Å². The molecule has 1 aliphatic heterocycles. The summed E-state index contributed by atoms with van der Waals surface area (Å²) in [6, 6.07) is 5.19. The fourth-order valence-electron chi connectivity index (χ4n) is 4.57. The number of rotatable bonds is 9. The van der Waals surface area contributed by atoms with Crippen LogP contribution < -0.4 is 10.1 Å². The average molecular weight is 556 g/mol. The third-order valence-electron chi connectivity index (χ3n) is 7.52. The van der Waals surface area contributed by atoms with E-state index in [1.165, 1.54) is 0 Å². The number of hydrogen-bond acceptors (Lipinski definition) is 10. The van der Waals surface area contributed by atoms with Crippen molar-refractivity contribution in [3.05, 3.63) is 47.4 Å². The summed E-state index contributed by atoms with van der Waals surface area (Å²) in [5, 5.41) is 15.0. The third kappa shape index (κ3) is 5.90. The molecule has 0 radical (unpaired) electrons. The lowest BCUT2D eigenvalue weighted by atomic mass is 9.84. The highest BCUT2D eigenvalue weighted by Crippen LogP contribution is 2.39. The first kappa shape index (κ1) is 28.8. The van der Waals surface area contributed by atoms with Crippen LogP contribution in [0.3, 0.4) is 0 Å². The predicted molar refractivity (Wildman–Crippen MR) is 148 cm³/mol. The van der Waals surface area contributed by atoms with Crippen molar-refractivity contribution in [3.63, 3.8) is 0 Å². The van der Waals surface area contributed by atoms with E-state index in [0.717, 1.165) is 0 Å². The molecule has 0 fully saturated rings. The molecule has 3 aromatic rings. The third-order valence-corrected chi connectivity index (χ3v) is 8.37. The number of anilines is 2. The van der Waals surface area contributed by atoms with Crippen LogP contribution in [0.15, 0.2) is 30.6 Å². The molecule has 2 N–H and O–H groups in total. The first-order chi connectivity index (χ1) is 18.2. The van der Waals surface area contributed by atoms with E-state index in [1.807, 2.05) is 27.7 Å². The number of hydrogen-bond donors (Lipinski definition) is 2. The summed E-state index contributed by atoms with van der Waals surface area (Å²) in [5.74, 6) is 0.789. The Labute approximate surface area is 230 Å². The molecule has 0 bridgehead atoms. The van der Waals surface area contributed by atoms with Crippen LogP contribution in [-0.4, -0.2) is 51.7 Å². The van der Waals surface area contributed by atoms with Crippen molar-refractivity contribution < 1.29 is 28.1 Å². The minimum atomic E-state index is -2.20. The van der Waals surface area contributed by atoms with Gasteiger partial charge in [-0.15, -0.1) is 0 Å². The Morgan fingerprint density at radius 3 is 2.62 bits per heavy atom. The van der Waals surface area contributed by atoms with Crippen LogP contribution in [0.1, 0.15) is 88.8 Å². The Morgan fingerprint density at radius 1 is 1.23 bits per heavy atom. The molecule has 2 unspecified atom stereocenters. The van der Waals surface area contributed by atoms with Crippen LogP contribution in [0.2, 0.25) is 0 Å². The first-order valence-corrected chi connectivity index (χ1v) is 14.1. The summed E-state index contributed by atoms with van der Waals surface area (Å²) in [6.07, 6.45) is 3.53. The zero-order valence-corrected chi connectivity index (χ0v) is 24.1. The summed E-state index contributed by atoms with van der Waals surface area (Å²) >= 11 is -2.20. The van der Waals surface area contributed by atoms with E-state index in [-0.39, 0.29) is 5.92 Å². The van der Waals surface area contributed by atoms with Gasteiger partial charge in [-0.25, -0.2) is 19.7 Å². The van der Waals surface area contributed by atoms with E-state index in [4.69, 9.17) is 14.5 Å². The van der Waals surface area contributed by atoms with Gasteiger partial charge in [-0.3, -0.25) is 4.21 Å². The molecule has 0 spiro atoms. The number of ether oxygens (including phenoxy) is 2. The topological polar surface area (TPSA) is 147 Å². The highest BCUT2D eigenvalue weighted by molar-refractivity contribution is 7.79. The Bertz CT molecular complexity index is 1430. The molecule has 39 heavy (non-hydrogen) atoms. The van der Waals surface area contributed by atoms with Crippen molar-refractivity contribution in [1.29, 1.82) is 0 Å². The number of fused-ring (bicyclic) bond motifs is 2. The van der Waals surface area contributed by atoms with Crippen molar-refractivity contribution in [1.82, 2.24) is 15.0 Å². The number of pyridine rings is 3. The fraction of sp³-hybridized carbons (Fsp3) is 0.500. The van der Waals surface area contributed by atoms with E-state index in [9.17, 15) is 18.7 Å². The second kappa shape index (κ2) is 10.8. The molecule has 0 saturated carbocycles. The summed E-state index contributed by atoms with van der Waals surface area (Å²) in [4.78, 5) is 26.2. The molecule has 0 amide bonds. The largest absolute Gasteiger partial charge is 0.772 e. The summed E-state index contributed by atoms with van der Waals surface area (Å²) in [6.45, 7) is 12.7. The van der Waals surface area contributed by atoms with E-state index >= 15 is 0 Å². The lowest BCUT2D eigenvalue weighted by Gasteiger charge is -2.36. The average Bonchev–Trinajstić information content (AvgIpc) is 2.86. The van der Waals surface area contributed by atoms with Gasteiger partial charge in [0.15, 0.2) is 0 Å². The van der Waals surface area contributed by atoms with E-state index in [1.54, 1.807) is 51.4 Å². The van der Waals surface area contributed by atoms with E-state index < -0.39 is 39.6 Å². The molecule has 4 rings (SSSR count). The van der Waals surface area contributed by atoms with Crippen molar-refractivity contribution in [2.75, 3.05) is 5.32 Å². The van der Waals surface area contributed by atoms with Crippen LogP contribution in [0.5, 0.6) is 5.88 Å². The Balaban J connectivity index is 1.72. The maximum atomic E-state index is 12.5. The molecule has 0 aliphatic carbocycles. The van der Waals surface area contributed by atoms with Gasteiger partial charge >= 0.3 is 5.97 Å². The van der Waals surface area contributed by atoms with Crippen LogP contribution in [0.25, 0.3) is 10.8 Å². The van der Waals surface area contributed by atoms with Crippen LogP contribution in [0.4, 0.5) is 11.6 Å². The molecular weight excluding hydrogens is 520 g/mol. The fourth-order valence-corrected chi connectivity index (χ4v) is 5.00.